The average Bonchev–Trinajstić information content (AvgIpc) is 2.49. The molecule has 0 saturated carbocycles. The first-order chi connectivity index (χ1) is 9.74. The van der Waals surface area contributed by atoms with Gasteiger partial charge < -0.3 is 15.5 Å². The molecule has 3 rings (SSSR count). The molecule has 0 unspecified atom stereocenters. The van der Waals surface area contributed by atoms with Crippen LogP contribution >= 0.6 is 11.6 Å². The van der Waals surface area contributed by atoms with Crippen molar-refractivity contribution in [2.24, 2.45) is 0 Å². The summed E-state index contributed by atoms with van der Waals surface area (Å²) in [7, 11) is 0. The molecule has 1 aromatic heterocycles. The molecule has 1 aliphatic heterocycles. The molecule has 2 heterocycles. The lowest BCUT2D eigenvalue weighted by Gasteiger charge is -2.36. The van der Waals surface area contributed by atoms with Gasteiger partial charge in [-0.25, -0.2) is 9.97 Å². The van der Waals surface area contributed by atoms with Crippen molar-refractivity contribution in [3.63, 3.8) is 0 Å². The molecule has 2 aromatic rings. The van der Waals surface area contributed by atoms with Gasteiger partial charge in [-0.15, -0.1) is 0 Å². The van der Waals surface area contributed by atoms with Crippen molar-refractivity contribution in [3.8, 4) is 0 Å². The predicted octanol–water partition coefficient (Wildman–Crippen LogP) is 2.04. The number of nitrogens with two attached hydrogens (primary N) is 1. The van der Waals surface area contributed by atoms with Crippen molar-refractivity contribution < 1.29 is 0 Å². The predicted molar refractivity (Wildman–Crippen MR) is 82.3 cm³/mol. The summed E-state index contributed by atoms with van der Waals surface area (Å²) in [6, 6.07) is 7.95. The lowest BCUT2D eigenvalue weighted by atomic mass is 10.2. The molecular weight excluding hydrogens is 274 g/mol. The van der Waals surface area contributed by atoms with Crippen LogP contribution in [0, 0.1) is 0 Å². The zero-order chi connectivity index (χ0) is 13.9. The summed E-state index contributed by atoms with van der Waals surface area (Å²) in [5, 5.41) is 0.799. The third kappa shape index (κ3) is 2.63. The quantitative estimate of drug-likeness (QED) is 0.917. The smallest absolute Gasteiger partial charge is 0.147 e. The number of hydrogen-bond donors (Lipinski definition) is 1. The Bertz CT molecular complexity index is 578. The number of halogens is 1. The number of hydrogen-bond acceptors (Lipinski definition) is 5. The van der Waals surface area contributed by atoms with Crippen LogP contribution in [0.2, 0.25) is 5.02 Å². The van der Waals surface area contributed by atoms with Gasteiger partial charge in [-0.2, -0.15) is 0 Å². The highest BCUT2D eigenvalue weighted by molar-refractivity contribution is 6.33. The Balaban J connectivity index is 1.68. The molecule has 1 fully saturated rings. The van der Waals surface area contributed by atoms with Crippen LogP contribution in [0.3, 0.4) is 0 Å². The maximum Gasteiger partial charge on any atom is 0.147 e. The highest BCUT2D eigenvalue weighted by Crippen LogP contribution is 2.26. The number of nitrogen functional groups attached to an aromatic ring is 1. The molecule has 1 aliphatic rings. The zero-order valence-electron chi connectivity index (χ0n) is 11.0. The maximum atomic E-state index is 6.24. The second kappa shape index (κ2) is 5.54. The van der Waals surface area contributed by atoms with Gasteiger partial charge in [-0.1, -0.05) is 23.7 Å². The standard InChI is InChI=1S/C14H16ClN5/c15-11-3-1-2-4-12(11)19-5-7-20(8-6-19)14-10-17-13(16)9-18-14/h1-4,9-10H,5-8H2,(H2,16,17). The number of nitrogens with zero attached hydrogens (tertiary/aromatic N) is 4. The molecule has 1 aromatic carbocycles. The minimum atomic E-state index is 0.448. The number of aromatic nitrogens is 2. The van der Waals surface area contributed by atoms with E-state index in [2.05, 4.69) is 25.8 Å². The molecule has 104 valence electrons. The number of anilines is 3. The third-order valence-electron chi connectivity index (χ3n) is 3.45. The lowest BCUT2D eigenvalue weighted by Crippen LogP contribution is -2.47. The van der Waals surface area contributed by atoms with Crippen LogP contribution in [-0.4, -0.2) is 36.1 Å². The summed E-state index contributed by atoms with van der Waals surface area (Å²) < 4.78 is 0. The van der Waals surface area contributed by atoms with Gasteiger partial charge >= 0.3 is 0 Å². The van der Waals surface area contributed by atoms with E-state index >= 15 is 0 Å². The van der Waals surface area contributed by atoms with Crippen LogP contribution < -0.4 is 15.5 Å². The van der Waals surface area contributed by atoms with Gasteiger partial charge in [0, 0.05) is 26.2 Å². The summed E-state index contributed by atoms with van der Waals surface area (Å²) >= 11 is 6.24. The van der Waals surface area contributed by atoms with E-state index in [0.717, 1.165) is 42.7 Å². The molecule has 0 spiro atoms. The van der Waals surface area contributed by atoms with Crippen molar-refractivity contribution in [2.75, 3.05) is 41.7 Å². The summed E-state index contributed by atoms with van der Waals surface area (Å²) in [4.78, 5) is 12.9. The number of benzene rings is 1. The Morgan fingerprint density at radius 1 is 0.950 bits per heavy atom. The highest BCUT2D eigenvalue weighted by atomic mass is 35.5. The van der Waals surface area contributed by atoms with Crippen molar-refractivity contribution in [2.45, 2.75) is 0 Å². The molecule has 20 heavy (non-hydrogen) atoms. The molecule has 0 radical (unpaired) electrons. The van der Waals surface area contributed by atoms with E-state index < -0.39 is 0 Å². The summed E-state index contributed by atoms with van der Waals surface area (Å²) in [5.41, 5.74) is 6.65. The summed E-state index contributed by atoms with van der Waals surface area (Å²) in [6.45, 7) is 3.61. The van der Waals surface area contributed by atoms with E-state index in [1.54, 1.807) is 12.4 Å². The van der Waals surface area contributed by atoms with Crippen LogP contribution in [0.15, 0.2) is 36.7 Å². The fourth-order valence-electron chi connectivity index (χ4n) is 2.38. The van der Waals surface area contributed by atoms with Gasteiger partial charge in [-0.05, 0) is 12.1 Å². The van der Waals surface area contributed by atoms with E-state index in [9.17, 15) is 0 Å². The SMILES string of the molecule is Nc1cnc(N2CCN(c3ccccc3Cl)CC2)cn1. The van der Waals surface area contributed by atoms with Crippen LogP contribution in [0.4, 0.5) is 17.3 Å². The molecule has 2 N–H and O–H groups in total. The van der Waals surface area contributed by atoms with Crippen molar-refractivity contribution >= 4 is 28.9 Å². The second-order valence-electron chi connectivity index (χ2n) is 4.72. The Morgan fingerprint density at radius 2 is 1.65 bits per heavy atom. The van der Waals surface area contributed by atoms with Crippen LogP contribution in [0.1, 0.15) is 0 Å². The minimum Gasteiger partial charge on any atom is -0.382 e. The Morgan fingerprint density at radius 3 is 2.30 bits per heavy atom. The Hall–Kier alpha value is -2.01. The fourth-order valence-corrected chi connectivity index (χ4v) is 2.63. The third-order valence-corrected chi connectivity index (χ3v) is 3.77. The van der Waals surface area contributed by atoms with Gasteiger partial charge in [0.2, 0.25) is 0 Å². The van der Waals surface area contributed by atoms with E-state index in [0.29, 0.717) is 5.82 Å². The van der Waals surface area contributed by atoms with Crippen molar-refractivity contribution in [1.82, 2.24) is 9.97 Å². The van der Waals surface area contributed by atoms with Crippen LogP contribution in [-0.2, 0) is 0 Å². The topological polar surface area (TPSA) is 58.3 Å². The Kier molecular flexibility index (Phi) is 3.60. The van der Waals surface area contributed by atoms with Crippen molar-refractivity contribution in [1.29, 1.82) is 0 Å². The fraction of sp³-hybridized carbons (Fsp3) is 0.286. The second-order valence-corrected chi connectivity index (χ2v) is 5.13. The lowest BCUT2D eigenvalue weighted by molar-refractivity contribution is 0.646. The molecule has 5 nitrogen and oxygen atoms in total. The van der Waals surface area contributed by atoms with E-state index in [-0.39, 0.29) is 0 Å². The Labute approximate surface area is 123 Å². The first kappa shape index (κ1) is 13.0. The number of piperazine rings is 1. The van der Waals surface area contributed by atoms with Gasteiger partial charge in [0.25, 0.3) is 0 Å². The number of rotatable bonds is 2. The van der Waals surface area contributed by atoms with E-state index in [4.69, 9.17) is 17.3 Å². The van der Waals surface area contributed by atoms with Gasteiger partial charge in [0.05, 0.1) is 23.1 Å². The zero-order valence-corrected chi connectivity index (χ0v) is 11.8. The first-order valence-corrected chi connectivity index (χ1v) is 6.94. The molecule has 0 bridgehead atoms. The molecule has 0 atom stereocenters. The summed E-state index contributed by atoms with van der Waals surface area (Å²) in [6.07, 6.45) is 3.32. The summed E-state index contributed by atoms with van der Waals surface area (Å²) in [5.74, 6) is 1.32. The molecule has 6 heteroatoms. The first-order valence-electron chi connectivity index (χ1n) is 6.56. The largest absolute Gasteiger partial charge is 0.382 e. The van der Waals surface area contributed by atoms with E-state index in [1.807, 2.05) is 18.2 Å². The minimum absolute atomic E-state index is 0.448. The molecule has 1 saturated heterocycles. The maximum absolute atomic E-state index is 6.24. The van der Waals surface area contributed by atoms with Crippen LogP contribution in [0.5, 0.6) is 0 Å². The normalized spacial score (nSPS) is 15.4. The average molecular weight is 290 g/mol. The molecular formula is C14H16ClN5. The highest BCUT2D eigenvalue weighted by Gasteiger charge is 2.19. The van der Waals surface area contributed by atoms with Gasteiger partial charge in [-0.3, -0.25) is 0 Å². The van der Waals surface area contributed by atoms with Crippen LogP contribution in [0.25, 0.3) is 0 Å². The van der Waals surface area contributed by atoms with Crippen molar-refractivity contribution in [3.05, 3.63) is 41.7 Å². The van der Waals surface area contributed by atoms with E-state index in [1.165, 1.54) is 0 Å². The molecule has 0 amide bonds. The monoisotopic (exact) mass is 289 g/mol. The van der Waals surface area contributed by atoms with Gasteiger partial charge in [0.1, 0.15) is 11.6 Å². The molecule has 0 aliphatic carbocycles. The van der Waals surface area contributed by atoms with Gasteiger partial charge in [0.15, 0.2) is 0 Å². The number of para-hydroxylation sites is 1.